The minimum absolute atomic E-state index is 0.0799. The molecule has 0 saturated carbocycles. The van der Waals surface area contributed by atoms with Crippen LogP contribution in [0.5, 0.6) is 0 Å². The third-order valence-corrected chi connectivity index (χ3v) is 5.42. The Kier molecular flexibility index (Phi) is 4.28. The molecule has 3 aliphatic heterocycles. The van der Waals surface area contributed by atoms with Crippen LogP contribution in [0.4, 0.5) is 10.5 Å². The maximum Gasteiger partial charge on any atom is 0.321 e. The molecular weight excluding hydrogens is 334 g/mol. The van der Waals surface area contributed by atoms with Crippen molar-refractivity contribution in [3.05, 3.63) is 29.8 Å². The molecule has 3 heterocycles. The van der Waals surface area contributed by atoms with Crippen molar-refractivity contribution >= 4 is 23.5 Å². The lowest BCUT2D eigenvalue weighted by Gasteiger charge is -2.45. The minimum atomic E-state index is -0.251. The number of hydrogen-bond acceptors (Lipinski definition) is 4. The van der Waals surface area contributed by atoms with Gasteiger partial charge in [-0.05, 0) is 18.2 Å². The van der Waals surface area contributed by atoms with E-state index in [1.165, 1.54) is 0 Å². The Balaban J connectivity index is 1.51. The van der Waals surface area contributed by atoms with E-state index >= 15 is 0 Å². The molecule has 1 unspecified atom stereocenters. The Morgan fingerprint density at radius 1 is 1.12 bits per heavy atom. The van der Waals surface area contributed by atoms with E-state index in [1.807, 2.05) is 13.1 Å². The topological polar surface area (TPSA) is 76.2 Å². The Morgan fingerprint density at radius 3 is 2.69 bits per heavy atom. The van der Waals surface area contributed by atoms with Gasteiger partial charge in [0, 0.05) is 64.1 Å². The SMILES string of the molecule is CN1CCN2CCN(C(=O)c3cccc(N4CCNC4=O)c3)CC2C1=O. The summed E-state index contributed by atoms with van der Waals surface area (Å²) in [6.45, 7) is 4.54. The van der Waals surface area contributed by atoms with Gasteiger partial charge in [0.25, 0.3) is 5.91 Å². The highest BCUT2D eigenvalue weighted by molar-refractivity contribution is 5.99. The van der Waals surface area contributed by atoms with Crippen molar-refractivity contribution in [2.24, 2.45) is 0 Å². The van der Waals surface area contributed by atoms with Crippen molar-refractivity contribution in [2.75, 3.05) is 57.8 Å². The number of benzene rings is 1. The lowest BCUT2D eigenvalue weighted by molar-refractivity contribution is -0.142. The molecule has 8 heteroatoms. The number of urea groups is 1. The number of likely N-dealkylation sites (N-methyl/N-ethyl adjacent to an activating group) is 1. The van der Waals surface area contributed by atoms with Gasteiger partial charge in [-0.3, -0.25) is 19.4 Å². The number of rotatable bonds is 2. The van der Waals surface area contributed by atoms with Crippen molar-refractivity contribution in [2.45, 2.75) is 6.04 Å². The van der Waals surface area contributed by atoms with E-state index in [0.29, 0.717) is 38.3 Å². The lowest BCUT2D eigenvalue weighted by atomic mass is 10.1. The number of carbonyl (C=O) groups excluding carboxylic acids is 3. The normalized spacial score (nSPS) is 23.9. The predicted octanol–water partition coefficient (Wildman–Crippen LogP) is -0.185. The van der Waals surface area contributed by atoms with Crippen LogP contribution in [0, 0.1) is 0 Å². The first-order valence-electron chi connectivity index (χ1n) is 8.98. The van der Waals surface area contributed by atoms with Crippen LogP contribution in [0.2, 0.25) is 0 Å². The molecule has 3 fully saturated rings. The Hall–Kier alpha value is -2.61. The summed E-state index contributed by atoms with van der Waals surface area (Å²) in [6.07, 6.45) is 0. The minimum Gasteiger partial charge on any atom is -0.343 e. The Morgan fingerprint density at radius 2 is 1.92 bits per heavy atom. The average molecular weight is 357 g/mol. The highest BCUT2D eigenvalue weighted by atomic mass is 16.2. The third kappa shape index (κ3) is 2.90. The average Bonchev–Trinajstić information content (AvgIpc) is 3.10. The number of nitrogens with zero attached hydrogens (tertiary/aromatic N) is 4. The first-order chi connectivity index (χ1) is 12.5. The van der Waals surface area contributed by atoms with E-state index in [0.717, 1.165) is 18.8 Å². The molecule has 4 rings (SSSR count). The highest BCUT2D eigenvalue weighted by Gasteiger charge is 2.38. The molecule has 0 aliphatic carbocycles. The number of nitrogens with one attached hydrogen (secondary N) is 1. The van der Waals surface area contributed by atoms with Gasteiger partial charge in [-0.1, -0.05) is 6.07 Å². The van der Waals surface area contributed by atoms with Crippen LogP contribution in [-0.2, 0) is 4.79 Å². The molecule has 0 aromatic heterocycles. The van der Waals surface area contributed by atoms with Gasteiger partial charge in [0.1, 0.15) is 6.04 Å². The molecule has 1 atom stereocenters. The summed E-state index contributed by atoms with van der Waals surface area (Å²) in [5.74, 6) is -0.0108. The lowest BCUT2D eigenvalue weighted by Crippen LogP contribution is -2.64. The molecule has 138 valence electrons. The summed E-state index contributed by atoms with van der Waals surface area (Å²) in [5, 5.41) is 2.76. The van der Waals surface area contributed by atoms with Gasteiger partial charge < -0.3 is 15.1 Å². The zero-order valence-electron chi connectivity index (χ0n) is 14.9. The van der Waals surface area contributed by atoms with E-state index in [9.17, 15) is 14.4 Å². The molecular formula is C18H23N5O3. The van der Waals surface area contributed by atoms with Gasteiger partial charge in [-0.15, -0.1) is 0 Å². The number of fused-ring (bicyclic) bond motifs is 1. The van der Waals surface area contributed by atoms with Gasteiger partial charge in [0.2, 0.25) is 5.91 Å². The van der Waals surface area contributed by atoms with Gasteiger partial charge in [0.05, 0.1) is 0 Å². The van der Waals surface area contributed by atoms with Gasteiger partial charge in [-0.2, -0.15) is 0 Å². The first-order valence-corrected chi connectivity index (χ1v) is 8.98. The molecule has 1 aromatic carbocycles. The fourth-order valence-electron chi connectivity index (χ4n) is 3.86. The molecule has 3 saturated heterocycles. The zero-order chi connectivity index (χ0) is 18.3. The number of anilines is 1. The number of amides is 4. The summed E-state index contributed by atoms with van der Waals surface area (Å²) >= 11 is 0. The van der Waals surface area contributed by atoms with Crippen molar-refractivity contribution in [1.29, 1.82) is 0 Å². The van der Waals surface area contributed by atoms with E-state index in [-0.39, 0.29) is 23.9 Å². The molecule has 3 aliphatic rings. The van der Waals surface area contributed by atoms with E-state index in [2.05, 4.69) is 10.2 Å². The second kappa shape index (κ2) is 6.60. The highest BCUT2D eigenvalue weighted by Crippen LogP contribution is 2.21. The summed E-state index contributed by atoms with van der Waals surface area (Å²) in [7, 11) is 1.81. The molecule has 0 spiro atoms. The van der Waals surface area contributed by atoms with Crippen LogP contribution in [0.1, 0.15) is 10.4 Å². The predicted molar refractivity (Wildman–Crippen MR) is 96.1 cm³/mol. The van der Waals surface area contributed by atoms with Crippen LogP contribution in [0.15, 0.2) is 24.3 Å². The fourth-order valence-corrected chi connectivity index (χ4v) is 3.86. The maximum atomic E-state index is 13.0. The van der Waals surface area contributed by atoms with Crippen molar-refractivity contribution < 1.29 is 14.4 Å². The quantitative estimate of drug-likeness (QED) is 0.796. The Bertz CT molecular complexity index is 752. The molecule has 4 amide bonds. The number of piperazine rings is 2. The van der Waals surface area contributed by atoms with Crippen LogP contribution < -0.4 is 10.2 Å². The standard InChI is InChI=1S/C18H23N5O3/c1-20-7-8-21-9-10-22(12-15(21)17(20)25)16(24)13-3-2-4-14(11-13)23-6-5-19-18(23)26/h2-4,11,15H,5-10,12H2,1H3,(H,19,26). The van der Waals surface area contributed by atoms with Crippen molar-refractivity contribution in [3.63, 3.8) is 0 Å². The van der Waals surface area contributed by atoms with E-state index < -0.39 is 0 Å². The third-order valence-electron chi connectivity index (χ3n) is 5.42. The maximum absolute atomic E-state index is 13.0. The molecule has 1 N–H and O–H groups in total. The summed E-state index contributed by atoms with van der Waals surface area (Å²) in [6, 6.07) is 6.76. The van der Waals surface area contributed by atoms with Gasteiger partial charge >= 0.3 is 6.03 Å². The number of carbonyl (C=O) groups is 3. The summed E-state index contributed by atoms with van der Waals surface area (Å²) in [4.78, 5) is 44.5. The van der Waals surface area contributed by atoms with Crippen molar-refractivity contribution in [1.82, 2.24) is 20.0 Å². The Labute approximate surface area is 152 Å². The smallest absolute Gasteiger partial charge is 0.321 e. The van der Waals surface area contributed by atoms with Gasteiger partial charge in [0.15, 0.2) is 0 Å². The van der Waals surface area contributed by atoms with Crippen LogP contribution in [0.3, 0.4) is 0 Å². The molecule has 8 nitrogen and oxygen atoms in total. The first kappa shape index (κ1) is 16.8. The largest absolute Gasteiger partial charge is 0.343 e. The van der Waals surface area contributed by atoms with Gasteiger partial charge in [-0.25, -0.2) is 4.79 Å². The second-order valence-corrected chi connectivity index (χ2v) is 7.00. The second-order valence-electron chi connectivity index (χ2n) is 7.00. The van der Waals surface area contributed by atoms with Crippen LogP contribution >= 0.6 is 0 Å². The fraction of sp³-hybridized carbons (Fsp3) is 0.500. The summed E-state index contributed by atoms with van der Waals surface area (Å²) < 4.78 is 0. The number of hydrogen-bond donors (Lipinski definition) is 1. The monoisotopic (exact) mass is 357 g/mol. The zero-order valence-corrected chi connectivity index (χ0v) is 14.9. The molecule has 0 radical (unpaired) electrons. The van der Waals surface area contributed by atoms with E-state index in [1.54, 1.807) is 32.9 Å². The van der Waals surface area contributed by atoms with Crippen molar-refractivity contribution in [3.8, 4) is 0 Å². The summed E-state index contributed by atoms with van der Waals surface area (Å²) in [5.41, 5.74) is 1.27. The molecule has 26 heavy (non-hydrogen) atoms. The van der Waals surface area contributed by atoms with E-state index in [4.69, 9.17) is 0 Å². The molecule has 0 bridgehead atoms. The van der Waals surface area contributed by atoms with Crippen LogP contribution in [0.25, 0.3) is 0 Å². The molecule has 1 aromatic rings. The van der Waals surface area contributed by atoms with Crippen LogP contribution in [-0.4, -0.2) is 91.4 Å².